The zero-order valence-electron chi connectivity index (χ0n) is 16.7. The molecule has 1 saturated carbocycles. The number of aliphatic carboxylic acids is 1. The van der Waals surface area contributed by atoms with E-state index < -0.39 is 5.97 Å². The highest BCUT2D eigenvalue weighted by molar-refractivity contribution is 6.18. The standard InChI is InChI=1S/C21H24N2O6/c1-13-18(14(2)29-22-13)12-28-23-20(27-10-15-8-9-15)17-7-5-4-6-16(17)19(11-26-3)21(24)25/h4-7,11,15H,8-10,12H2,1-3H3,(H,24,25). The topological polar surface area (TPSA) is 103 Å². The van der Waals surface area contributed by atoms with Crippen molar-refractivity contribution in [3.05, 3.63) is 58.7 Å². The molecule has 0 unspecified atom stereocenters. The lowest BCUT2D eigenvalue weighted by molar-refractivity contribution is -0.130. The first kappa shape index (κ1) is 20.4. The summed E-state index contributed by atoms with van der Waals surface area (Å²) in [6, 6.07) is 6.95. The van der Waals surface area contributed by atoms with Crippen LogP contribution < -0.4 is 0 Å². The van der Waals surface area contributed by atoms with E-state index in [2.05, 4.69) is 10.3 Å². The molecule has 1 fully saturated rings. The summed E-state index contributed by atoms with van der Waals surface area (Å²) in [4.78, 5) is 17.2. The molecule has 8 heteroatoms. The average Bonchev–Trinajstić information content (AvgIpc) is 3.48. The van der Waals surface area contributed by atoms with Crippen LogP contribution in [0.4, 0.5) is 0 Å². The minimum atomic E-state index is -1.11. The Kier molecular flexibility index (Phi) is 6.54. The summed E-state index contributed by atoms with van der Waals surface area (Å²) in [5, 5.41) is 17.6. The fraction of sp³-hybridized carbons (Fsp3) is 0.381. The fourth-order valence-corrected chi connectivity index (χ4v) is 2.75. The van der Waals surface area contributed by atoms with Gasteiger partial charge in [-0.05, 0) is 43.8 Å². The van der Waals surface area contributed by atoms with Crippen LogP contribution in [0.3, 0.4) is 0 Å². The van der Waals surface area contributed by atoms with Crippen LogP contribution in [0.25, 0.3) is 5.57 Å². The van der Waals surface area contributed by atoms with Crippen molar-refractivity contribution in [1.29, 1.82) is 0 Å². The second kappa shape index (κ2) is 9.27. The number of benzene rings is 1. The van der Waals surface area contributed by atoms with Crippen LogP contribution in [0.5, 0.6) is 0 Å². The van der Waals surface area contributed by atoms with Crippen LogP contribution in [0.15, 0.2) is 40.2 Å². The van der Waals surface area contributed by atoms with Gasteiger partial charge in [0.05, 0.1) is 31.2 Å². The predicted octanol–water partition coefficient (Wildman–Crippen LogP) is 3.67. The quantitative estimate of drug-likeness (QED) is 0.225. The van der Waals surface area contributed by atoms with Gasteiger partial charge in [0.15, 0.2) is 0 Å². The molecule has 154 valence electrons. The lowest BCUT2D eigenvalue weighted by atomic mass is 10.0. The van der Waals surface area contributed by atoms with Crippen molar-refractivity contribution < 1.29 is 28.7 Å². The summed E-state index contributed by atoms with van der Waals surface area (Å²) < 4.78 is 16.0. The first-order valence-corrected chi connectivity index (χ1v) is 9.31. The number of oxime groups is 1. The molecule has 0 amide bonds. The number of methoxy groups -OCH3 is 1. The number of hydrogen-bond donors (Lipinski definition) is 1. The summed E-state index contributed by atoms with van der Waals surface area (Å²) in [6.45, 7) is 4.29. The molecule has 1 N–H and O–H groups in total. The van der Waals surface area contributed by atoms with E-state index in [4.69, 9.17) is 18.8 Å². The van der Waals surface area contributed by atoms with Gasteiger partial charge in [0.2, 0.25) is 0 Å². The number of nitrogens with zero attached hydrogens (tertiary/aromatic N) is 2. The van der Waals surface area contributed by atoms with Gasteiger partial charge in [-0.1, -0.05) is 23.4 Å². The monoisotopic (exact) mass is 400 g/mol. The number of ether oxygens (including phenoxy) is 2. The van der Waals surface area contributed by atoms with Gasteiger partial charge < -0.3 is 23.9 Å². The van der Waals surface area contributed by atoms with Gasteiger partial charge in [0, 0.05) is 11.1 Å². The minimum absolute atomic E-state index is 0.00320. The third kappa shape index (κ3) is 5.16. The molecule has 1 aromatic heterocycles. The van der Waals surface area contributed by atoms with Crippen LogP contribution in [0.1, 0.15) is 41.0 Å². The third-order valence-corrected chi connectivity index (χ3v) is 4.60. The molecule has 0 spiro atoms. The van der Waals surface area contributed by atoms with Crippen LogP contribution in [0, 0.1) is 19.8 Å². The number of carboxylic acids is 1. The maximum atomic E-state index is 11.7. The van der Waals surface area contributed by atoms with E-state index in [0.29, 0.717) is 29.4 Å². The first-order chi connectivity index (χ1) is 14.0. The maximum absolute atomic E-state index is 11.7. The highest BCUT2D eigenvalue weighted by Gasteiger charge is 2.25. The van der Waals surface area contributed by atoms with Crippen molar-refractivity contribution >= 4 is 17.4 Å². The van der Waals surface area contributed by atoms with Crippen molar-refractivity contribution in [1.82, 2.24) is 5.16 Å². The molecule has 3 rings (SSSR count). The van der Waals surface area contributed by atoms with Crippen LogP contribution >= 0.6 is 0 Å². The molecular weight excluding hydrogens is 376 g/mol. The first-order valence-electron chi connectivity index (χ1n) is 9.31. The molecule has 0 saturated heterocycles. The highest BCUT2D eigenvalue weighted by Crippen LogP contribution is 2.30. The number of aromatic nitrogens is 1. The molecule has 0 bridgehead atoms. The normalized spacial score (nSPS) is 14.6. The van der Waals surface area contributed by atoms with Crippen LogP contribution in [-0.2, 0) is 25.7 Å². The number of rotatable bonds is 9. The second-order valence-corrected chi connectivity index (χ2v) is 6.84. The molecule has 1 aliphatic carbocycles. The van der Waals surface area contributed by atoms with E-state index in [1.165, 1.54) is 13.4 Å². The predicted molar refractivity (Wildman–Crippen MR) is 105 cm³/mol. The maximum Gasteiger partial charge on any atom is 0.339 e. The Labute approximate surface area is 168 Å². The van der Waals surface area contributed by atoms with Gasteiger partial charge >= 0.3 is 5.97 Å². The number of aryl methyl sites for hydroxylation is 2. The average molecular weight is 400 g/mol. The summed E-state index contributed by atoms with van der Waals surface area (Å²) in [5.41, 5.74) is 2.48. The zero-order valence-corrected chi connectivity index (χ0v) is 16.7. The Morgan fingerprint density at radius 3 is 2.62 bits per heavy atom. The molecule has 0 radical (unpaired) electrons. The van der Waals surface area contributed by atoms with Gasteiger partial charge in [-0.2, -0.15) is 0 Å². The third-order valence-electron chi connectivity index (χ3n) is 4.60. The van der Waals surface area contributed by atoms with Gasteiger partial charge in [0.1, 0.15) is 17.9 Å². The smallest absolute Gasteiger partial charge is 0.339 e. The zero-order chi connectivity index (χ0) is 20.8. The lowest BCUT2D eigenvalue weighted by Crippen LogP contribution is -2.14. The SMILES string of the molecule is COC=C(C(=O)O)c1ccccc1C(=NOCc1c(C)noc1C)OCC1CC1. The van der Waals surface area contributed by atoms with E-state index in [-0.39, 0.29) is 18.1 Å². The minimum Gasteiger partial charge on any atom is -0.503 e. The summed E-state index contributed by atoms with van der Waals surface area (Å²) in [7, 11) is 1.40. The summed E-state index contributed by atoms with van der Waals surface area (Å²) in [5.74, 6) is 0.262. The van der Waals surface area contributed by atoms with Crippen molar-refractivity contribution in [2.24, 2.45) is 11.1 Å². The molecule has 29 heavy (non-hydrogen) atoms. The summed E-state index contributed by atoms with van der Waals surface area (Å²) >= 11 is 0. The Bertz CT molecular complexity index is 908. The van der Waals surface area contributed by atoms with Crippen LogP contribution in [-0.4, -0.2) is 35.8 Å². The molecule has 1 aliphatic rings. The van der Waals surface area contributed by atoms with E-state index in [9.17, 15) is 9.90 Å². The number of carboxylic acid groups (broad SMARTS) is 1. The summed E-state index contributed by atoms with van der Waals surface area (Å²) in [6.07, 6.45) is 3.40. The molecule has 0 atom stereocenters. The molecule has 1 heterocycles. The van der Waals surface area contributed by atoms with Crippen molar-refractivity contribution in [2.45, 2.75) is 33.3 Å². The fourth-order valence-electron chi connectivity index (χ4n) is 2.75. The van der Waals surface area contributed by atoms with Gasteiger partial charge in [0.25, 0.3) is 5.90 Å². The van der Waals surface area contributed by atoms with E-state index in [0.717, 1.165) is 24.1 Å². The van der Waals surface area contributed by atoms with Crippen molar-refractivity contribution in [3.8, 4) is 0 Å². The van der Waals surface area contributed by atoms with E-state index >= 15 is 0 Å². The van der Waals surface area contributed by atoms with E-state index in [1.54, 1.807) is 31.2 Å². The molecular formula is C21H24N2O6. The number of carbonyl (C=O) groups is 1. The van der Waals surface area contributed by atoms with Crippen molar-refractivity contribution in [2.75, 3.05) is 13.7 Å². The molecule has 2 aromatic rings. The molecule has 8 nitrogen and oxygen atoms in total. The molecule has 0 aliphatic heterocycles. The largest absolute Gasteiger partial charge is 0.503 e. The van der Waals surface area contributed by atoms with E-state index in [1.807, 2.05) is 6.92 Å². The highest BCUT2D eigenvalue weighted by atomic mass is 16.6. The second-order valence-electron chi connectivity index (χ2n) is 6.84. The number of hydrogen-bond acceptors (Lipinski definition) is 7. The lowest BCUT2D eigenvalue weighted by Gasteiger charge is -2.13. The van der Waals surface area contributed by atoms with Gasteiger partial charge in [-0.25, -0.2) is 4.79 Å². The Morgan fingerprint density at radius 1 is 1.31 bits per heavy atom. The Morgan fingerprint density at radius 2 is 2.03 bits per heavy atom. The Hall–Kier alpha value is -3.29. The molecule has 1 aromatic carbocycles. The van der Waals surface area contributed by atoms with Gasteiger partial charge in [-0.15, -0.1) is 0 Å². The van der Waals surface area contributed by atoms with Crippen LogP contribution in [0.2, 0.25) is 0 Å². The Balaban J connectivity index is 1.90. The van der Waals surface area contributed by atoms with Crippen molar-refractivity contribution in [3.63, 3.8) is 0 Å². The van der Waals surface area contributed by atoms with Gasteiger partial charge in [-0.3, -0.25) is 0 Å².